The quantitative estimate of drug-likeness (QED) is 0.615. The average molecular weight is 416 g/mol. The molecule has 0 bridgehead atoms. The highest BCUT2D eigenvalue weighted by molar-refractivity contribution is 7.18. The van der Waals surface area contributed by atoms with Crippen molar-refractivity contribution in [1.29, 1.82) is 0 Å². The lowest BCUT2D eigenvalue weighted by molar-refractivity contribution is 0.0746. The molecule has 3 aromatic heterocycles. The first-order chi connectivity index (χ1) is 13.9. The van der Waals surface area contributed by atoms with Crippen LogP contribution < -0.4 is 4.74 Å². The Morgan fingerprint density at radius 3 is 2.66 bits per heavy atom. The van der Waals surface area contributed by atoms with Crippen LogP contribution in [0.2, 0.25) is 0 Å². The number of thiazole rings is 1. The predicted molar refractivity (Wildman–Crippen MR) is 112 cm³/mol. The van der Waals surface area contributed by atoms with Gasteiger partial charge in [0.15, 0.2) is 5.65 Å². The molecular weight excluding hydrogens is 389 g/mol. The Bertz CT molecular complexity index is 1020. The standard InChI is InChI=1S/C21H26FN5OS/c1-5-18-23-12(2)10-19(25-18)28-15-6-8-27(9-7-15)13(3)20-16(22)11-17-21(26-20)24-14(4)29-17/h10-11,13,15H,5-9H2,1-4H3. The number of hydrogen-bond donors (Lipinski definition) is 0. The van der Waals surface area contributed by atoms with Gasteiger partial charge in [-0.2, -0.15) is 4.98 Å². The van der Waals surface area contributed by atoms with Crippen molar-refractivity contribution in [2.75, 3.05) is 13.1 Å². The molecule has 0 saturated carbocycles. The Balaban J connectivity index is 1.41. The van der Waals surface area contributed by atoms with Gasteiger partial charge in [0.05, 0.1) is 21.4 Å². The fourth-order valence-electron chi connectivity index (χ4n) is 3.80. The lowest BCUT2D eigenvalue weighted by atomic mass is 10.0. The lowest BCUT2D eigenvalue weighted by Gasteiger charge is -2.35. The van der Waals surface area contributed by atoms with Gasteiger partial charge in [0.1, 0.15) is 17.7 Å². The van der Waals surface area contributed by atoms with Crippen LogP contribution in [0.4, 0.5) is 4.39 Å². The van der Waals surface area contributed by atoms with E-state index in [1.54, 1.807) is 6.07 Å². The molecule has 0 radical (unpaired) electrons. The molecular formula is C21H26FN5OS. The largest absolute Gasteiger partial charge is 0.474 e. The molecule has 0 aromatic carbocycles. The number of likely N-dealkylation sites (tertiary alicyclic amines) is 1. The number of aromatic nitrogens is 4. The van der Waals surface area contributed by atoms with E-state index < -0.39 is 0 Å². The van der Waals surface area contributed by atoms with E-state index >= 15 is 0 Å². The predicted octanol–water partition coefficient (Wildman–Crippen LogP) is 4.40. The zero-order valence-corrected chi connectivity index (χ0v) is 18.1. The number of pyridine rings is 1. The van der Waals surface area contributed by atoms with E-state index in [1.807, 2.05) is 33.8 Å². The summed E-state index contributed by atoms with van der Waals surface area (Å²) in [6.45, 7) is 9.58. The van der Waals surface area contributed by atoms with E-state index in [0.717, 1.165) is 53.6 Å². The third-order valence-corrected chi connectivity index (χ3v) is 6.28. The first-order valence-corrected chi connectivity index (χ1v) is 10.9. The minimum Gasteiger partial charge on any atom is -0.474 e. The molecule has 0 N–H and O–H groups in total. The maximum atomic E-state index is 14.7. The van der Waals surface area contributed by atoms with Crippen molar-refractivity contribution in [2.24, 2.45) is 0 Å². The van der Waals surface area contributed by atoms with Crippen molar-refractivity contribution in [1.82, 2.24) is 24.8 Å². The van der Waals surface area contributed by atoms with Crippen molar-refractivity contribution in [3.8, 4) is 5.88 Å². The number of nitrogens with zero attached hydrogens (tertiary/aromatic N) is 5. The van der Waals surface area contributed by atoms with E-state index in [9.17, 15) is 4.39 Å². The van der Waals surface area contributed by atoms with Gasteiger partial charge in [-0.05, 0) is 39.7 Å². The zero-order chi connectivity index (χ0) is 20.5. The van der Waals surface area contributed by atoms with Crippen molar-refractivity contribution in [2.45, 2.75) is 59.1 Å². The van der Waals surface area contributed by atoms with Gasteiger partial charge in [0, 0.05) is 31.3 Å². The summed E-state index contributed by atoms with van der Waals surface area (Å²) in [4.78, 5) is 20.1. The van der Waals surface area contributed by atoms with Gasteiger partial charge >= 0.3 is 0 Å². The number of ether oxygens (including phenoxy) is 1. The van der Waals surface area contributed by atoms with E-state index in [0.29, 0.717) is 17.2 Å². The minimum absolute atomic E-state index is 0.102. The lowest BCUT2D eigenvalue weighted by Crippen LogP contribution is -2.40. The second-order valence-electron chi connectivity index (χ2n) is 7.56. The van der Waals surface area contributed by atoms with Crippen LogP contribution in [-0.4, -0.2) is 44.0 Å². The third-order valence-electron chi connectivity index (χ3n) is 5.37. The van der Waals surface area contributed by atoms with Crippen molar-refractivity contribution in [3.05, 3.63) is 40.2 Å². The van der Waals surface area contributed by atoms with Gasteiger partial charge in [0.2, 0.25) is 5.88 Å². The van der Waals surface area contributed by atoms with Crippen molar-refractivity contribution < 1.29 is 9.13 Å². The minimum atomic E-state index is -0.254. The molecule has 0 spiro atoms. The molecule has 1 fully saturated rings. The molecule has 29 heavy (non-hydrogen) atoms. The molecule has 1 aliphatic rings. The van der Waals surface area contributed by atoms with Crippen LogP contribution >= 0.6 is 11.3 Å². The summed E-state index contributed by atoms with van der Waals surface area (Å²) >= 11 is 1.47. The smallest absolute Gasteiger partial charge is 0.217 e. The van der Waals surface area contributed by atoms with Gasteiger partial charge in [-0.3, -0.25) is 4.90 Å². The monoisotopic (exact) mass is 415 g/mol. The number of hydrogen-bond acceptors (Lipinski definition) is 7. The topological polar surface area (TPSA) is 64.0 Å². The summed E-state index contributed by atoms with van der Waals surface area (Å²) in [5, 5.41) is 0.904. The molecule has 3 aromatic rings. The van der Waals surface area contributed by atoms with Crippen LogP contribution in [0.3, 0.4) is 0 Å². The Morgan fingerprint density at radius 2 is 1.93 bits per heavy atom. The SMILES string of the molecule is CCc1nc(C)cc(OC2CCN(C(C)c3nc4nc(C)sc4cc3F)CC2)n1. The number of fused-ring (bicyclic) bond motifs is 1. The molecule has 6 nitrogen and oxygen atoms in total. The summed E-state index contributed by atoms with van der Waals surface area (Å²) in [7, 11) is 0. The normalized spacial score (nSPS) is 17.0. The van der Waals surface area contributed by atoms with Crippen LogP contribution in [0.1, 0.15) is 55.0 Å². The van der Waals surface area contributed by atoms with Gasteiger partial charge in [-0.25, -0.2) is 19.3 Å². The van der Waals surface area contributed by atoms with E-state index in [4.69, 9.17) is 4.74 Å². The molecule has 154 valence electrons. The van der Waals surface area contributed by atoms with Crippen molar-refractivity contribution >= 4 is 21.7 Å². The van der Waals surface area contributed by atoms with Crippen LogP contribution in [0, 0.1) is 19.7 Å². The second-order valence-corrected chi connectivity index (χ2v) is 8.79. The maximum absolute atomic E-state index is 14.7. The highest BCUT2D eigenvalue weighted by atomic mass is 32.1. The Morgan fingerprint density at radius 1 is 1.17 bits per heavy atom. The van der Waals surface area contributed by atoms with Gasteiger partial charge in [0.25, 0.3) is 0 Å². The Hall–Kier alpha value is -2.19. The molecule has 0 aliphatic carbocycles. The van der Waals surface area contributed by atoms with Crippen LogP contribution in [-0.2, 0) is 6.42 Å². The van der Waals surface area contributed by atoms with Crippen molar-refractivity contribution in [3.63, 3.8) is 0 Å². The van der Waals surface area contributed by atoms with E-state index in [1.165, 1.54) is 11.3 Å². The summed E-state index contributed by atoms with van der Waals surface area (Å²) < 4.78 is 21.6. The molecule has 1 aliphatic heterocycles. The van der Waals surface area contributed by atoms with E-state index in [-0.39, 0.29) is 18.0 Å². The number of halogens is 1. The summed E-state index contributed by atoms with van der Waals surface area (Å²) in [5.74, 6) is 1.20. The highest BCUT2D eigenvalue weighted by Crippen LogP contribution is 2.29. The van der Waals surface area contributed by atoms with Crippen LogP contribution in [0.25, 0.3) is 10.3 Å². The molecule has 8 heteroatoms. The number of rotatable bonds is 5. The molecule has 4 rings (SSSR count). The number of aryl methyl sites for hydroxylation is 3. The first kappa shape index (κ1) is 20.1. The number of piperidine rings is 1. The molecule has 0 amide bonds. The molecule has 1 unspecified atom stereocenters. The van der Waals surface area contributed by atoms with Crippen LogP contribution in [0.15, 0.2) is 12.1 Å². The first-order valence-electron chi connectivity index (χ1n) is 10.1. The van der Waals surface area contributed by atoms with Gasteiger partial charge in [-0.1, -0.05) is 6.92 Å². The highest BCUT2D eigenvalue weighted by Gasteiger charge is 2.27. The van der Waals surface area contributed by atoms with Gasteiger partial charge in [-0.15, -0.1) is 11.3 Å². The fourth-order valence-corrected chi connectivity index (χ4v) is 4.59. The van der Waals surface area contributed by atoms with E-state index in [2.05, 4.69) is 24.8 Å². The molecule has 4 heterocycles. The van der Waals surface area contributed by atoms with Gasteiger partial charge < -0.3 is 4.74 Å². The maximum Gasteiger partial charge on any atom is 0.217 e. The second kappa shape index (κ2) is 8.28. The summed E-state index contributed by atoms with van der Waals surface area (Å²) in [6, 6.07) is 3.35. The average Bonchev–Trinajstić information content (AvgIpc) is 3.05. The third kappa shape index (κ3) is 4.38. The molecule has 1 atom stereocenters. The van der Waals surface area contributed by atoms with Crippen LogP contribution in [0.5, 0.6) is 5.88 Å². The zero-order valence-electron chi connectivity index (χ0n) is 17.3. The summed E-state index contributed by atoms with van der Waals surface area (Å²) in [5.41, 5.74) is 2.04. The Labute approximate surface area is 174 Å². The fraction of sp³-hybridized carbons (Fsp3) is 0.524. The molecule has 1 saturated heterocycles. The summed E-state index contributed by atoms with van der Waals surface area (Å²) in [6.07, 6.45) is 2.64. The Kier molecular flexibility index (Phi) is 5.74.